The minimum atomic E-state index is -0.525. The van der Waals surface area contributed by atoms with E-state index in [2.05, 4.69) is 26.6 Å². The van der Waals surface area contributed by atoms with E-state index >= 15 is 0 Å². The molecular formula is C13H17BrClFN2O3. The number of benzene rings is 1. The van der Waals surface area contributed by atoms with Crippen molar-refractivity contribution in [2.24, 2.45) is 5.92 Å². The van der Waals surface area contributed by atoms with Crippen LogP contribution in [0.5, 0.6) is 5.75 Å². The van der Waals surface area contributed by atoms with E-state index in [1.54, 1.807) is 6.07 Å². The zero-order valence-corrected chi connectivity index (χ0v) is 13.5. The standard InChI is InChI=1S/C13H16BrFN2O3.ClH/c14-9-1-2-12(10(15)3-9)20-7-13(19)17-5-8-4-16-6-11(8)18;/h1-3,8,11,16,18H,4-7H2,(H,17,19);1H. The quantitative estimate of drug-likeness (QED) is 0.712. The highest BCUT2D eigenvalue weighted by Gasteiger charge is 2.25. The second-order valence-electron chi connectivity index (χ2n) is 4.65. The predicted molar refractivity (Wildman–Crippen MR) is 82.2 cm³/mol. The predicted octanol–water partition coefficient (Wildman–Crippen LogP) is 1.09. The van der Waals surface area contributed by atoms with Crippen molar-refractivity contribution in [3.8, 4) is 5.75 Å². The van der Waals surface area contributed by atoms with Crippen molar-refractivity contribution in [3.63, 3.8) is 0 Å². The van der Waals surface area contributed by atoms with E-state index in [0.29, 0.717) is 24.1 Å². The fourth-order valence-electron chi connectivity index (χ4n) is 1.96. The monoisotopic (exact) mass is 382 g/mol. The molecule has 8 heteroatoms. The summed E-state index contributed by atoms with van der Waals surface area (Å²) >= 11 is 3.14. The normalized spacial score (nSPS) is 20.7. The van der Waals surface area contributed by atoms with Crippen molar-refractivity contribution in [2.75, 3.05) is 26.2 Å². The van der Waals surface area contributed by atoms with Gasteiger partial charge in [0.15, 0.2) is 18.2 Å². The average molecular weight is 384 g/mol. The van der Waals surface area contributed by atoms with Gasteiger partial charge in [-0.25, -0.2) is 4.39 Å². The van der Waals surface area contributed by atoms with Gasteiger partial charge in [-0.15, -0.1) is 12.4 Å². The molecule has 1 saturated heterocycles. The molecule has 0 aromatic heterocycles. The van der Waals surface area contributed by atoms with Crippen LogP contribution in [-0.4, -0.2) is 43.4 Å². The molecule has 2 unspecified atom stereocenters. The Morgan fingerprint density at radius 3 is 2.90 bits per heavy atom. The molecule has 2 rings (SSSR count). The van der Waals surface area contributed by atoms with E-state index in [0.717, 1.165) is 0 Å². The molecule has 0 saturated carbocycles. The topological polar surface area (TPSA) is 70.6 Å². The number of nitrogens with one attached hydrogen (secondary N) is 2. The maximum Gasteiger partial charge on any atom is 0.257 e. The van der Waals surface area contributed by atoms with Gasteiger partial charge in [-0.05, 0) is 18.2 Å². The summed E-state index contributed by atoms with van der Waals surface area (Å²) in [4.78, 5) is 11.6. The van der Waals surface area contributed by atoms with E-state index in [1.165, 1.54) is 12.1 Å². The Labute approximate surface area is 136 Å². The lowest BCUT2D eigenvalue weighted by molar-refractivity contribution is -0.123. The summed E-state index contributed by atoms with van der Waals surface area (Å²) in [6, 6.07) is 4.36. The van der Waals surface area contributed by atoms with Gasteiger partial charge in [-0.3, -0.25) is 4.79 Å². The van der Waals surface area contributed by atoms with Crippen molar-refractivity contribution in [1.82, 2.24) is 10.6 Å². The first-order valence-electron chi connectivity index (χ1n) is 6.29. The molecule has 0 bridgehead atoms. The molecule has 0 radical (unpaired) electrons. The lowest BCUT2D eigenvalue weighted by Crippen LogP contribution is -2.36. The fraction of sp³-hybridized carbons (Fsp3) is 0.462. The number of aliphatic hydroxyl groups excluding tert-OH is 1. The number of β-amino-alcohol motifs (C(OH)–C–C–N with tert-alkyl or cyclic N) is 1. The Morgan fingerprint density at radius 1 is 1.52 bits per heavy atom. The van der Waals surface area contributed by atoms with Crippen LogP contribution in [-0.2, 0) is 4.79 Å². The number of amides is 1. The Kier molecular flexibility index (Phi) is 7.37. The van der Waals surface area contributed by atoms with Crippen LogP contribution < -0.4 is 15.4 Å². The SMILES string of the molecule is Cl.O=C(COc1ccc(Br)cc1F)NCC1CNCC1O. The highest BCUT2D eigenvalue weighted by molar-refractivity contribution is 9.10. The molecule has 1 aliphatic heterocycles. The summed E-state index contributed by atoms with van der Waals surface area (Å²) in [5.41, 5.74) is 0. The Hall–Kier alpha value is -0.890. The number of carbonyl (C=O) groups excluding carboxylic acids is 1. The minimum absolute atomic E-state index is 0. The van der Waals surface area contributed by atoms with Gasteiger partial charge in [0.25, 0.3) is 5.91 Å². The number of hydrogen-bond donors (Lipinski definition) is 3. The molecule has 1 aliphatic rings. The lowest BCUT2D eigenvalue weighted by atomic mass is 10.1. The van der Waals surface area contributed by atoms with Crippen LogP contribution >= 0.6 is 28.3 Å². The fourth-order valence-corrected chi connectivity index (χ4v) is 2.29. The van der Waals surface area contributed by atoms with Gasteiger partial charge < -0.3 is 20.5 Å². The number of halogens is 3. The minimum Gasteiger partial charge on any atom is -0.481 e. The van der Waals surface area contributed by atoms with Crippen molar-refractivity contribution in [3.05, 3.63) is 28.5 Å². The van der Waals surface area contributed by atoms with Crippen LogP contribution in [0.3, 0.4) is 0 Å². The number of hydrogen-bond acceptors (Lipinski definition) is 4. The van der Waals surface area contributed by atoms with Gasteiger partial charge in [0.05, 0.1) is 6.10 Å². The highest BCUT2D eigenvalue weighted by atomic mass is 79.9. The molecule has 1 heterocycles. The first kappa shape index (κ1) is 18.2. The summed E-state index contributed by atoms with van der Waals surface area (Å²) in [6.45, 7) is 1.33. The second kappa shape index (κ2) is 8.53. The van der Waals surface area contributed by atoms with Crippen LogP contribution in [0.4, 0.5) is 4.39 Å². The van der Waals surface area contributed by atoms with E-state index < -0.39 is 11.9 Å². The maximum absolute atomic E-state index is 13.5. The van der Waals surface area contributed by atoms with Crippen molar-refractivity contribution in [1.29, 1.82) is 0 Å². The van der Waals surface area contributed by atoms with Crippen LogP contribution in [0.15, 0.2) is 22.7 Å². The largest absolute Gasteiger partial charge is 0.481 e. The molecule has 5 nitrogen and oxygen atoms in total. The molecule has 118 valence electrons. The van der Waals surface area contributed by atoms with Crippen LogP contribution in [0.1, 0.15) is 0 Å². The van der Waals surface area contributed by atoms with Gasteiger partial charge in [0, 0.05) is 30.0 Å². The summed E-state index contributed by atoms with van der Waals surface area (Å²) in [6.07, 6.45) is -0.444. The average Bonchev–Trinajstić information content (AvgIpc) is 2.81. The van der Waals surface area contributed by atoms with Crippen molar-refractivity contribution < 1.29 is 19.0 Å². The maximum atomic E-state index is 13.5. The molecule has 0 spiro atoms. The molecule has 1 fully saturated rings. The van der Waals surface area contributed by atoms with E-state index in [1.807, 2.05) is 0 Å². The first-order valence-corrected chi connectivity index (χ1v) is 7.09. The van der Waals surface area contributed by atoms with Crippen LogP contribution in [0.25, 0.3) is 0 Å². The summed E-state index contributed by atoms with van der Waals surface area (Å²) in [7, 11) is 0. The highest BCUT2D eigenvalue weighted by Crippen LogP contribution is 2.21. The number of rotatable bonds is 5. The molecule has 3 N–H and O–H groups in total. The number of aliphatic hydroxyl groups is 1. The molecule has 1 aromatic carbocycles. The van der Waals surface area contributed by atoms with Gasteiger partial charge >= 0.3 is 0 Å². The van der Waals surface area contributed by atoms with Gasteiger partial charge in [-0.2, -0.15) is 0 Å². The third-order valence-electron chi connectivity index (χ3n) is 3.12. The summed E-state index contributed by atoms with van der Waals surface area (Å²) in [5, 5.41) is 15.3. The van der Waals surface area contributed by atoms with Crippen LogP contribution in [0.2, 0.25) is 0 Å². The van der Waals surface area contributed by atoms with E-state index in [-0.39, 0.29) is 36.6 Å². The Balaban J connectivity index is 0.00000220. The van der Waals surface area contributed by atoms with Gasteiger partial charge in [0.2, 0.25) is 0 Å². The van der Waals surface area contributed by atoms with Gasteiger partial charge in [-0.1, -0.05) is 15.9 Å². The van der Waals surface area contributed by atoms with E-state index in [4.69, 9.17) is 4.74 Å². The van der Waals surface area contributed by atoms with Gasteiger partial charge in [0.1, 0.15) is 0 Å². The molecule has 0 aliphatic carbocycles. The van der Waals surface area contributed by atoms with Crippen molar-refractivity contribution in [2.45, 2.75) is 6.10 Å². The zero-order chi connectivity index (χ0) is 14.5. The third kappa shape index (κ3) is 5.43. The summed E-state index contributed by atoms with van der Waals surface area (Å²) in [5.74, 6) is -0.830. The second-order valence-corrected chi connectivity index (χ2v) is 5.57. The zero-order valence-electron chi connectivity index (χ0n) is 11.1. The molecular weight excluding hydrogens is 367 g/mol. The number of ether oxygens (including phenoxy) is 1. The summed E-state index contributed by atoms with van der Waals surface area (Å²) < 4.78 is 19.2. The molecule has 1 aromatic rings. The number of carbonyl (C=O) groups is 1. The van der Waals surface area contributed by atoms with Crippen LogP contribution in [0, 0.1) is 11.7 Å². The van der Waals surface area contributed by atoms with Crippen molar-refractivity contribution >= 4 is 34.2 Å². The lowest BCUT2D eigenvalue weighted by Gasteiger charge is -2.14. The Bertz CT molecular complexity index is 492. The molecule has 21 heavy (non-hydrogen) atoms. The van der Waals surface area contributed by atoms with E-state index in [9.17, 15) is 14.3 Å². The third-order valence-corrected chi connectivity index (χ3v) is 3.61. The smallest absolute Gasteiger partial charge is 0.257 e. The first-order chi connectivity index (χ1) is 9.56. The molecule has 1 amide bonds. The molecule has 2 atom stereocenters. The Morgan fingerprint density at radius 2 is 2.29 bits per heavy atom.